The van der Waals surface area contributed by atoms with E-state index in [9.17, 15) is 19.2 Å². The lowest BCUT2D eigenvalue weighted by molar-refractivity contribution is -0.128. The van der Waals surface area contributed by atoms with Gasteiger partial charge in [-0.05, 0) is 64.2 Å². The Kier molecular flexibility index (Phi) is 17.2. The van der Waals surface area contributed by atoms with Crippen LogP contribution in [0.4, 0.5) is 0 Å². The maximum Gasteiger partial charge on any atom is 0.244 e. The SMILES string of the molecule is Cc1cccc(CNC(=O)C(CN)NC(=O)Cc2cncn2Cc2ccc(C#N)cc2)c1.N#Cc1ccc(Cn2cncc2CC(=O)NC(CN)C(=O)NCc2cccc3ccccc23)cc1. The van der Waals surface area contributed by atoms with Crippen LogP contribution in [-0.4, -0.2) is 67.9 Å². The molecule has 0 radical (unpaired) electrons. The van der Waals surface area contributed by atoms with E-state index in [0.29, 0.717) is 48.7 Å². The van der Waals surface area contributed by atoms with Crippen molar-refractivity contribution in [2.75, 3.05) is 13.1 Å². The minimum atomic E-state index is -0.840. The highest BCUT2D eigenvalue weighted by Crippen LogP contribution is 2.18. The number of nitrogens with one attached hydrogen (secondary N) is 4. The normalized spacial score (nSPS) is 11.5. The zero-order valence-electron chi connectivity index (χ0n) is 37.1. The van der Waals surface area contributed by atoms with Crippen LogP contribution in [0.3, 0.4) is 0 Å². The van der Waals surface area contributed by atoms with Gasteiger partial charge in [0.1, 0.15) is 12.1 Å². The molecule has 0 aliphatic heterocycles. The van der Waals surface area contributed by atoms with Gasteiger partial charge >= 0.3 is 0 Å². The number of nitrogens with two attached hydrogens (primary N) is 2. The van der Waals surface area contributed by atoms with Crippen LogP contribution in [0.15, 0.2) is 140 Å². The lowest BCUT2D eigenvalue weighted by Crippen LogP contribution is -2.51. The van der Waals surface area contributed by atoms with Crippen molar-refractivity contribution in [2.24, 2.45) is 11.5 Å². The Hall–Kier alpha value is -8.44. The quantitative estimate of drug-likeness (QED) is 0.0729. The summed E-state index contributed by atoms with van der Waals surface area (Å²) in [7, 11) is 0. The molecule has 16 nitrogen and oxygen atoms in total. The fourth-order valence-electron chi connectivity index (χ4n) is 7.21. The van der Waals surface area contributed by atoms with Gasteiger partial charge in [0.15, 0.2) is 0 Å². The first kappa shape index (κ1) is 48.0. The molecule has 2 atom stereocenters. The highest BCUT2D eigenvalue weighted by molar-refractivity contribution is 5.90. The second-order valence-electron chi connectivity index (χ2n) is 15.8. The summed E-state index contributed by atoms with van der Waals surface area (Å²) in [6.07, 6.45) is 6.68. The van der Waals surface area contributed by atoms with E-state index < -0.39 is 12.1 Å². The average Bonchev–Trinajstić information content (AvgIpc) is 3.99. The summed E-state index contributed by atoms with van der Waals surface area (Å²) in [6, 6.07) is 38.7. The van der Waals surface area contributed by atoms with Crippen LogP contribution >= 0.6 is 0 Å². The fraction of sp³-hybridized carbons (Fsp3) is 0.216. The lowest BCUT2D eigenvalue weighted by atomic mass is 10.0. The van der Waals surface area contributed by atoms with Crippen molar-refractivity contribution in [1.82, 2.24) is 40.4 Å². The highest BCUT2D eigenvalue weighted by atomic mass is 16.2. The largest absolute Gasteiger partial charge is 0.350 e. The molecule has 2 heterocycles. The molecule has 0 saturated heterocycles. The van der Waals surface area contributed by atoms with Crippen LogP contribution in [0.5, 0.6) is 0 Å². The van der Waals surface area contributed by atoms with Gasteiger partial charge in [0.05, 0.1) is 48.8 Å². The number of amides is 4. The van der Waals surface area contributed by atoms with Gasteiger partial charge in [-0.25, -0.2) is 9.97 Å². The van der Waals surface area contributed by atoms with Crippen LogP contribution in [0.25, 0.3) is 10.8 Å². The fourth-order valence-corrected chi connectivity index (χ4v) is 7.21. The number of nitrogens with zero attached hydrogens (tertiary/aromatic N) is 6. The van der Waals surface area contributed by atoms with E-state index in [1.54, 1.807) is 49.3 Å². The van der Waals surface area contributed by atoms with E-state index in [-0.39, 0.29) is 49.6 Å². The molecule has 0 bridgehead atoms. The second kappa shape index (κ2) is 24.0. The smallest absolute Gasteiger partial charge is 0.244 e. The van der Waals surface area contributed by atoms with Gasteiger partial charge in [-0.15, -0.1) is 0 Å². The topological polar surface area (TPSA) is 252 Å². The van der Waals surface area contributed by atoms with Gasteiger partial charge < -0.3 is 41.9 Å². The van der Waals surface area contributed by atoms with E-state index in [2.05, 4.69) is 43.4 Å². The van der Waals surface area contributed by atoms with Crippen molar-refractivity contribution < 1.29 is 19.2 Å². The Morgan fingerprint density at radius 2 is 1.10 bits per heavy atom. The monoisotopic (exact) mass is 896 g/mol. The van der Waals surface area contributed by atoms with Gasteiger partial charge in [0, 0.05) is 63.1 Å². The number of carbonyl (C=O) groups is 4. The molecule has 0 spiro atoms. The minimum absolute atomic E-state index is 0.00407. The molecule has 0 aliphatic carbocycles. The third kappa shape index (κ3) is 14.0. The van der Waals surface area contributed by atoms with E-state index in [4.69, 9.17) is 22.0 Å². The van der Waals surface area contributed by atoms with Crippen molar-refractivity contribution in [3.63, 3.8) is 0 Å². The van der Waals surface area contributed by atoms with Crippen molar-refractivity contribution in [3.8, 4) is 12.1 Å². The molecule has 67 heavy (non-hydrogen) atoms. The number of imidazole rings is 2. The molecule has 2 unspecified atom stereocenters. The molecular weight excluding hydrogens is 845 g/mol. The molecule has 7 rings (SSSR count). The van der Waals surface area contributed by atoms with E-state index in [1.807, 2.05) is 107 Å². The van der Waals surface area contributed by atoms with Crippen LogP contribution in [0.2, 0.25) is 0 Å². The van der Waals surface area contributed by atoms with Gasteiger partial charge in [0.25, 0.3) is 0 Å². The van der Waals surface area contributed by atoms with Gasteiger partial charge in [-0.3, -0.25) is 19.2 Å². The van der Waals surface area contributed by atoms with Crippen LogP contribution < -0.4 is 32.7 Å². The number of aryl methyl sites for hydroxylation is 1. The van der Waals surface area contributed by atoms with Crippen LogP contribution in [0.1, 0.15) is 50.3 Å². The number of benzene rings is 5. The Balaban J connectivity index is 0.000000222. The summed E-state index contributed by atoms with van der Waals surface area (Å²) in [5, 5.41) is 31.2. The molecular formula is C51H52N12O4. The number of carbonyl (C=O) groups excluding carboxylic acids is 4. The van der Waals surface area contributed by atoms with Crippen LogP contribution in [-0.2, 0) is 58.2 Å². The predicted molar refractivity (Wildman–Crippen MR) is 253 cm³/mol. The van der Waals surface area contributed by atoms with E-state index in [0.717, 1.165) is 38.6 Å². The van der Waals surface area contributed by atoms with E-state index >= 15 is 0 Å². The first-order valence-corrected chi connectivity index (χ1v) is 21.6. The Bertz CT molecular complexity index is 2870. The zero-order valence-corrected chi connectivity index (χ0v) is 37.1. The summed E-state index contributed by atoms with van der Waals surface area (Å²) >= 11 is 0. The number of nitriles is 2. The number of fused-ring (bicyclic) bond motifs is 1. The first-order chi connectivity index (χ1) is 32.5. The Labute approximate surface area is 388 Å². The van der Waals surface area contributed by atoms with E-state index in [1.165, 1.54) is 0 Å². The maximum absolute atomic E-state index is 12.7. The molecule has 0 fully saturated rings. The third-order valence-electron chi connectivity index (χ3n) is 10.8. The standard InChI is InChI=1S/C27H26N6O2.C24H26N6O2/c28-13-19-8-10-20(11-9-19)17-33-18-30-16-23(33)12-26(34)32-25(14-29)27(35)31-15-22-6-3-5-21-4-1-2-7-24(21)22;1-17-3-2-4-20(9-17)13-28-24(32)22(12-26)29-23(31)10-21-14-27-16-30(21)15-19-7-5-18(11-25)6-8-19/h1-11,16,18,25H,12,14-15,17,29H2,(H,31,35)(H,32,34);2-9,14,16,22H,10,12-13,15,26H2,1H3,(H,28,32)(H,29,31). The molecule has 340 valence electrons. The number of rotatable bonds is 18. The summed E-state index contributed by atoms with van der Waals surface area (Å²) in [6.45, 7) is 3.70. The summed E-state index contributed by atoms with van der Waals surface area (Å²) in [5.41, 5.74) is 19.2. The third-order valence-corrected chi connectivity index (χ3v) is 10.8. The summed E-state index contributed by atoms with van der Waals surface area (Å²) < 4.78 is 3.72. The summed E-state index contributed by atoms with van der Waals surface area (Å²) in [5.74, 6) is -1.29. The number of hydrogen-bond donors (Lipinski definition) is 6. The first-order valence-electron chi connectivity index (χ1n) is 21.6. The summed E-state index contributed by atoms with van der Waals surface area (Å²) in [4.78, 5) is 58.8. The number of aromatic nitrogens is 4. The lowest BCUT2D eigenvalue weighted by Gasteiger charge is -2.17. The van der Waals surface area contributed by atoms with Crippen molar-refractivity contribution >= 4 is 34.4 Å². The van der Waals surface area contributed by atoms with Gasteiger partial charge in [-0.2, -0.15) is 10.5 Å². The molecule has 7 aromatic rings. The Morgan fingerprint density at radius 3 is 1.61 bits per heavy atom. The van der Waals surface area contributed by atoms with Crippen LogP contribution in [0, 0.1) is 29.6 Å². The zero-order chi connectivity index (χ0) is 47.5. The molecule has 0 saturated carbocycles. The minimum Gasteiger partial charge on any atom is -0.350 e. The highest BCUT2D eigenvalue weighted by Gasteiger charge is 2.22. The molecule has 0 aliphatic rings. The van der Waals surface area contributed by atoms with Gasteiger partial charge in [-0.1, -0.05) is 96.6 Å². The second-order valence-corrected chi connectivity index (χ2v) is 15.8. The average molecular weight is 897 g/mol. The van der Waals surface area contributed by atoms with Gasteiger partial charge in [0.2, 0.25) is 23.6 Å². The number of hydrogen-bond acceptors (Lipinski definition) is 10. The van der Waals surface area contributed by atoms with Crippen molar-refractivity contribution in [3.05, 3.63) is 191 Å². The Morgan fingerprint density at radius 1 is 0.612 bits per heavy atom. The van der Waals surface area contributed by atoms with Crippen molar-refractivity contribution in [1.29, 1.82) is 10.5 Å². The molecule has 16 heteroatoms. The molecule has 8 N–H and O–H groups in total. The maximum atomic E-state index is 12.7. The predicted octanol–water partition coefficient (Wildman–Crippen LogP) is 3.67. The molecule has 2 aromatic heterocycles. The van der Waals surface area contributed by atoms with Crippen molar-refractivity contribution in [2.45, 2.75) is 58.0 Å². The molecule has 5 aromatic carbocycles. The molecule has 4 amide bonds.